The van der Waals surface area contributed by atoms with Gasteiger partial charge in [-0.1, -0.05) is 5.16 Å². The van der Waals surface area contributed by atoms with Crippen LogP contribution in [0.3, 0.4) is 0 Å². The molecule has 9 nitrogen and oxygen atoms in total. The lowest BCUT2D eigenvalue weighted by molar-refractivity contribution is -0.119. The number of carbonyl (C=O) groups is 2. The van der Waals surface area contributed by atoms with Crippen LogP contribution in [0.5, 0.6) is 0 Å². The highest BCUT2D eigenvalue weighted by Gasteiger charge is 2.41. The predicted octanol–water partition coefficient (Wildman–Crippen LogP) is 1.44. The van der Waals surface area contributed by atoms with Crippen LogP contribution < -0.4 is 10.6 Å². The van der Waals surface area contributed by atoms with E-state index in [0.717, 1.165) is 0 Å². The van der Waals surface area contributed by atoms with Crippen molar-refractivity contribution < 1.29 is 22.5 Å². The molecule has 1 saturated heterocycles. The lowest BCUT2D eigenvalue weighted by atomic mass is 10.1. The number of nitrogens with zero attached hydrogens (tertiary/aromatic N) is 2. The highest BCUT2D eigenvalue weighted by Crippen LogP contribution is 2.30. The maximum atomic E-state index is 13.1. The van der Waals surface area contributed by atoms with Crippen LogP contribution in [0, 0.1) is 13.8 Å². The maximum Gasteiger partial charge on any atom is 0.251 e. The normalized spacial score (nSPS) is 17.5. The van der Waals surface area contributed by atoms with Crippen molar-refractivity contribution in [2.75, 3.05) is 18.9 Å². The smallest absolute Gasteiger partial charge is 0.251 e. The summed E-state index contributed by atoms with van der Waals surface area (Å²) < 4.78 is 32.3. The average molecular weight is 406 g/mol. The van der Waals surface area contributed by atoms with Crippen LogP contribution in [0.4, 0.5) is 5.69 Å². The summed E-state index contributed by atoms with van der Waals surface area (Å²) in [7, 11) is -2.37. The quantitative estimate of drug-likeness (QED) is 0.775. The van der Waals surface area contributed by atoms with Crippen molar-refractivity contribution in [3.05, 3.63) is 41.3 Å². The van der Waals surface area contributed by atoms with Crippen LogP contribution in [0.25, 0.3) is 0 Å². The first-order valence-corrected chi connectivity index (χ1v) is 10.3. The fourth-order valence-corrected chi connectivity index (χ4v) is 5.28. The summed E-state index contributed by atoms with van der Waals surface area (Å²) in [5.74, 6) is -0.445. The number of amides is 2. The zero-order valence-electron chi connectivity index (χ0n) is 15.9. The number of anilines is 1. The van der Waals surface area contributed by atoms with Gasteiger partial charge < -0.3 is 15.2 Å². The second-order valence-electron chi connectivity index (χ2n) is 6.57. The SMILES string of the molecule is CNC(=O)c1ccc(NC(=O)[C@@H]2CCCN2S(=O)(=O)c2c(C)noc2C)cc1. The van der Waals surface area contributed by atoms with Gasteiger partial charge in [0.2, 0.25) is 15.9 Å². The fraction of sp³-hybridized carbons (Fsp3) is 0.389. The van der Waals surface area contributed by atoms with Gasteiger partial charge in [-0.3, -0.25) is 9.59 Å². The average Bonchev–Trinajstić information content (AvgIpc) is 3.29. The second-order valence-corrected chi connectivity index (χ2v) is 8.40. The van der Waals surface area contributed by atoms with Gasteiger partial charge in [0.25, 0.3) is 5.91 Å². The van der Waals surface area contributed by atoms with Gasteiger partial charge in [-0.25, -0.2) is 8.42 Å². The molecule has 0 bridgehead atoms. The standard InChI is InChI=1S/C18H22N4O5S/c1-11-16(12(2)27-21-11)28(25,26)22-10-4-5-15(22)18(24)20-14-8-6-13(7-9-14)17(23)19-3/h6-9,15H,4-5,10H2,1-3H3,(H,19,23)(H,20,24)/t15-/m0/s1. The molecule has 2 N–H and O–H groups in total. The third kappa shape index (κ3) is 3.65. The lowest BCUT2D eigenvalue weighted by Crippen LogP contribution is -2.43. The molecule has 0 radical (unpaired) electrons. The van der Waals surface area contributed by atoms with E-state index in [1.165, 1.54) is 18.3 Å². The van der Waals surface area contributed by atoms with E-state index in [2.05, 4.69) is 15.8 Å². The van der Waals surface area contributed by atoms with E-state index in [9.17, 15) is 18.0 Å². The number of benzene rings is 1. The zero-order valence-corrected chi connectivity index (χ0v) is 16.7. The van der Waals surface area contributed by atoms with E-state index in [0.29, 0.717) is 24.1 Å². The summed E-state index contributed by atoms with van der Waals surface area (Å²) in [5.41, 5.74) is 1.22. The Labute approximate surface area is 163 Å². The summed E-state index contributed by atoms with van der Waals surface area (Å²) in [5, 5.41) is 8.95. The van der Waals surface area contributed by atoms with E-state index >= 15 is 0 Å². The molecule has 0 unspecified atom stereocenters. The van der Waals surface area contributed by atoms with Crippen molar-refractivity contribution in [2.24, 2.45) is 0 Å². The van der Waals surface area contributed by atoms with E-state index in [-0.39, 0.29) is 28.8 Å². The Balaban J connectivity index is 1.79. The molecule has 3 rings (SSSR count). The Bertz CT molecular complexity index is 978. The molecule has 0 saturated carbocycles. The molecule has 1 aromatic heterocycles. The first kappa shape index (κ1) is 20.0. The lowest BCUT2D eigenvalue weighted by Gasteiger charge is -2.23. The summed E-state index contributed by atoms with van der Waals surface area (Å²) in [4.78, 5) is 24.4. The first-order chi connectivity index (χ1) is 13.3. The Kier molecular flexibility index (Phi) is 5.52. The van der Waals surface area contributed by atoms with Crippen LogP contribution in [0.1, 0.15) is 34.7 Å². The van der Waals surface area contributed by atoms with Gasteiger partial charge in [-0.2, -0.15) is 4.31 Å². The van der Waals surface area contributed by atoms with E-state index in [1.54, 1.807) is 31.2 Å². The minimum atomic E-state index is -3.90. The monoisotopic (exact) mass is 406 g/mol. The topological polar surface area (TPSA) is 122 Å². The van der Waals surface area contributed by atoms with Crippen LogP contribution in [0.2, 0.25) is 0 Å². The molecule has 10 heteroatoms. The Morgan fingerprint density at radius 3 is 2.46 bits per heavy atom. The summed E-state index contributed by atoms with van der Waals surface area (Å²) in [6.45, 7) is 3.34. The molecule has 2 heterocycles. The van der Waals surface area contributed by atoms with Crippen molar-refractivity contribution in [1.29, 1.82) is 0 Å². The highest BCUT2D eigenvalue weighted by molar-refractivity contribution is 7.89. The number of aromatic nitrogens is 1. The van der Waals surface area contributed by atoms with Gasteiger partial charge in [0.05, 0.1) is 0 Å². The molecule has 1 fully saturated rings. The Morgan fingerprint density at radius 2 is 1.89 bits per heavy atom. The van der Waals surface area contributed by atoms with E-state index in [1.807, 2.05) is 0 Å². The third-order valence-corrected chi connectivity index (χ3v) is 6.84. The molecule has 0 spiro atoms. The van der Waals surface area contributed by atoms with Gasteiger partial charge in [0.15, 0.2) is 5.76 Å². The van der Waals surface area contributed by atoms with E-state index in [4.69, 9.17) is 4.52 Å². The predicted molar refractivity (Wildman–Crippen MR) is 101 cm³/mol. The van der Waals surface area contributed by atoms with Gasteiger partial charge >= 0.3 is 0 Å². The number of carbonyl (C=O) groups excluding carboxylic acids is 2. The summed E-state index contributed by atoms with van der Waals surface area (Å²) >= 11 is 0. The van der Waals surface area contributed by atoms with Gasteiger partial charge in [-0.15, -0.1) is 0 Å². The van der Waals surface area contributed by atoms with Gasteiger partial charge in [0, 0.05) is 24.8 Å². The summed E-state index contributed by atoms with van der Waals surface area (Å²) in [6.07, 6.45) is 1.00. The summed E-state index contributed by atoms with van der Waals surface area (Å²) in [6, 6.07) is 5.55. The Hall–Kier alpha value is -2.72. The molecule has 1 aliphatic heterocycles. The van der Waals surface area contributed by atoms with Crippen molar-refractivity contribution in [3.63, 3.8) is 0 Å². The van der Waals surface area contributed by atoms with Gasteiger partial charge in [-0.05, 0) is 51.0 Å². The number of hydrogen-bond acceptors (Lipinski definition) is 6. The maximum absolute atomic E-state index is 13.1. The zero-order chi connectivity index (χ0) is 20.5. The molecule has 2 amide bonds. The number of nitrogens with one attached hydrogen (secondary N) is 2. The molecular weight excluding hydrogens is 384 g/mol. The minimum Gasteiger partial charge on any atom is -0.360 e. The highest BCUT2D eigenvalue weighted by atomic mass is 32.2. The van der Waals surface area contributed by atoms with Crippen LogP contribution in [-0.4, -0.2) is 49.3 Å². The minimum absolute atomic E-state index is 0.0159. The number of sulfonamides is 1. The molecular formula is C18H22N4O5S. The van der Waals surface area contributed by atoms with Crippen molar-refractivity contribution in [3.8, 4) is 0 Å². The fourth-order valence-electron chi connectivity index (χ4n) is 3.32. The molecule has 150 valence electrons. The third-order valence-electron chi connectivity index (χ3n) is 4.68. The molecule has 2 aromatic rings. The van der Waals surface area contributed by atoms with Crippen molar-refractivity contribution in [2.45, 2.75) is 37.6 Å². The largest absolute Gasteiger partial charge is 0.360 e. The molecule has 28 heavy (non-hydrogen) atoms. The van der Waals surface area contributed by atoms with Crippen LogP contribution >= 0.6 is 0 Å². The first-order valence-electron chi connectivity index (χ1n) is 8.83. The van der Waals surface area contributed by atoms with Gasteiger partial charge in [0.1, 0.15) is 16.6 Å². The molecule has 1 atom stereocenters. The second kappa shape index (κ2) is 7.72. The molecule has 1 aromatic carbocycles. The van der Waals surface area contributed by atoms with Crippen LogP contribution in [-0.2, 0) is 14.8 Å². The Morgan fingerprint density at radius 1 is 1.21 bits per heavy atom. The molecule has 0 aliphatic carbocycles. The number of aryl methyl sites for hydroxylation is 2. The van der Waals surface area contributed by atoms with Crippen molar-refractivity contribution in [1.82, 2.24) is 14.8 Å². The number of rotatable bonds is 5. The van der Waals surface area contributed by atoms with Crippen molar-refractivity contribution >= 4 is 27.5 Å². The molecule has 1 aliphatic rings. The number of hydrogen-bond donors (Lipinski definition) is 2. The van der Waals surface area contributed by atoms with Crippen LogP contribution in [0.15, 0.2) is 33.7 Å². The van der Waals surface area contributed by atoms with E-state index < -0.39 is 22.0 Å².